The number of carbonyl (C=O) groups excluding carboxylic acids is 1. The van der Waals surface area contributed by atoms with Crippen molar-refractivity contribution in [3.05, 3.63) is 29.8 Å². The third-order valence-electron chi connectivity index (χ3n) is 5.85. The number of benzene rings is 1. The van der Waals surface area contributed by atoms with Gasteiger partial charge in [0.2, 0.25) is 0 Å². The van der Waals surface area contributed by atoms with E-state index in [-0.39, 0.29) is 12.5 Å². The molecule has 7 nitrogen and oxygen atoms in total. The summed E-state index contributed by atoms with van der Waals surface area (Å²) in [6, 6.07) is 9.43. The van der Waals surface area contributed by atoms with Crippen LogP contribution in [-0.2, 0) is 11.2 Å². The molecule has 1 aromatic carbocycles. The van der Waals surface area contributed by atoms with Crippen LogP contribution in [0.1, 0.15) is 52.0 Å². The summed E-state index contributed by atoms with van der Waals surface area (Å²) < 4.78 is 5.57. The molecule has 1 amide bonds. The highest BCUT2D eigenvalue weighted by molar-refractivity contribution is 5.80. The maximum Gasteiger partial charge on any atom is 0.258 e. The lowest BCUT2D eigenvalue weighted by Crippen LogP contribution is -2.49. The number of piperidine rings is 1. The van der Waals surface area contributed by atoms with Crippen LogP contribution in [0.3, 0.4) is 0 Å². The summed E-state index contributed by atoms with van der Waals surface area (Å²) in [7, 11) is 0. The predicted octanol–water partition coefficient (Wildman–Crippen LogP) is 2.31. The Morgan fingerprint density at radius 1 is 1.10 bits per heavy atom. The minimum absolute atomic E-state index is 0.0424. The van der Waals surface area contributed by atoms with Crippen LogP contribution in [0.5, 0.6) is 5.75 Å². The third kappa shape index (κ3) is 8.40. The Bertz CT molecular complexity index is 707. The van der Waals surface area contributed by atoms with E-state index in [4.69, 9.17) is 9.73 Å². The van der Waals surface area contributed by atoms with E-state index >= 15 is 0 Å². The summed E-state index contributed by atoms with van der Waals surface area (Å²) in [4.78, 5) is 19.0. The van der Waals surface area contributed by atoms with E-state index in [1.165, 1.54) is 5.56 Å². The second-order valence-corrected chi connectivity index (χ2v) is 8.83. The second-order valence-electron chi connectivity index (χ2n) is 8.83. The third-order valence-corrected chi connectivity index (χ3v) is 5.85. The first-order valence-electron chi connectivity index (χ1n) is 11.8. The Balaban J connectivity index is 1.40. The zero-order valence-corrected chi connectivity index (χ0v) is 19.3. The minimum atomic E-state index is -0.0424. The lowest BCUT2D eigenvalue weighted by Gasteiger charge is -2.35. The van der Waals surface area contributed by atoms with Gasteiger partial charge >= 0.3 is 0 Å². The topological polar surface area (TPSA) is 78.0 Å². The van der Waals surface area contributed by atoms with Gasteiger partial charge in [-0.15, -0.1) is 0 Å². The van der Waals surface area contributed by atoms with Crippen LogP contribution in [0.15, 0.2) is 29.3 Å². The number of likely N-dealkylation sites (tertiary alicyclic amines) is 1. The lowest BCUT2D eigenvalue weighted by atomic mass is 10.0. The van der Waals surface area contributed by atoms with Gasteiger partial charge in [0.1, 0.15) is 5.75 Å². The monoisotopic (exact) mass is 429 g/mol. The molecule has 1 aliphatic carbocycles. The van der Waals surface area contributed by atoms with Crippen molar-refractivity contribution in [2.24, 2.45) is 4.99 Å². The van der Waals surface area contributed by atoms with Gasteiger partial charge in [-0.3, -0.25) is 9.79 Å². The van der Waals surface area contributed by atoms with Crippen molar-refractivity contribution < 1.29 is 9.53 Å². The van der Waals surface area contributed by atoms with Crippen molar-refractivity contribution in [2.45, 2.75) is 71.0 Å². The first-order valence-corrected chi connectivity index (χ1v) is 11.8. The summed E-state index contributed by atoms with van der Waals surface area (Å²) in [5, 5.41) is 9.91. The molecule has 0 atom stereocenters. The fourth-order valence-corrected chi connectivity index (χ4v) is 3.77. The highest BCUT2D eigenvalue weighted by Crippen LogP contribution is 2.18. The van der Waals surface area contributed by atoms with Gasteiger partial charge in [-0.2, -0.15) is 0 Å². The highest BCUT2D eigenvalue weighted by atomic mass is 16.5. The van der Waals surface area contributed by atoms with E-state index in [1.807, 2.05) is 24.3 Å². The normalized spacial score (nSPS) is 18.1. The number of guanidine groups is 1. The summed E-state index contributed by atoms with van der Waals surface area (Å²) in [6.45, 7) is 10.6. The Morgan fingerprint density at radius 3 is 2.39 bits per heavy atom. The lowest BCUT2D eigenvalue weighted by molar-refractivity contribution is -0.123. The van der Waals surface area contributed by atoms with Crippen LogP contribution >= 0.6 is 0 Å². The van der Waals surface area contributed by atoms with Gasteiger partial charge < -0.3 is 25.6 Å². The number of ether oxygens (including phenoxy) is 1. The van der Waals surface area contributed by atoms with Gasteiger partial charge in [-0.1, -0.05) is 12.1 Å². The van der Waals surface area contributed by atoms with E-state index in [1.54, 1.807) is 0 Å². The summed E-state index contributed by atoms with van der Waals surface area (Å²) in [6.07, 6.45) is 5.35. The summed E-state index contributed by atoms with van der Waals surface area (Å²) in [5.41, 5.74) is 1.21. The van der Waals surface area contributed by atoms with Gasteiger partial charge in [-0.05, 0) is 70.6 Å². The van der Waals surface area contributed by atoms with Gasteiger partial charge in [-0.25, -0.2) is 0 Å². The number of hydrogen-bond acceptors (Lipinski definition) is 4. The quantitative estimate of drug-likeness (QED) is 0.393. The molecule has 3 rings (SSSR count). The molecule has 31 heavy (non-hydrogen) atoms. The number of nitrogens with one attached hydrogen (secondary N) is 3. The van der Waals surface area contributed by atoms with Crippen molar-refractivity contribution in [2.75, 3.05) is 32.8 Å². The standard InChI is InChI=1S/C24H39N5O2/c1-4-25-24(28-21-12-15-29(16-13-21)18(2)3)26-14-11-19-5-9-22(10-6-19)31-17-23(30)27-20-7-8-20/h5-6,9-10,18,20-21H,4,7-8,11-17H2,1-3H3,(H,27,30)(H2,25,26,28). The molecule has 0 spiro atoms. The van der Waals surface area contributed by atoms with E-state index in [0.717, 1.165) is 70.0 Å². The second kappa shape index (κ2) is 11.9. The molecule has 1 heterocycles. The van der Waals surface area contributed by atoms with E-state index in [9.17, 15) is 4.79 Å². The maximum absolute atomic E-state index is 11.7. The van der Waals surface area contributed by atoms with Crippen molar-refractivity contribution in [1.82, 2.24) is 20.9 Å². The van der Waals surface area contributed by atoms with E-state index in [2.05, 4.69) is 41.6 Å². The van der Waals surface area contributed by atoms with Crippen LogP contribution in [-0.4, -0.2) is 67.7 Å². The summed E-state index contributed by atoms with van der Waals surface area (Å²) in [5.74, 6) is 1.59. The molecule has 1 aliphatic heterocycles. The molecule has 1 saturated heterocycles. The molecule has 7 heteroatoms. The fraction of sp³-hybridized carbons (Fsp3) is 0.667. The average molecular weight is 430 g/mol. The predicted molar refractivity (Wildman–Crippen MR) is 126 cm³/mol. The number of hydrogen-bond donors (Lipinski definition) is 3. The van der Waals surface area contributed by atoms with Crippen LogP contribution < -0.4 is 20.7 Å². The van der Waals surface area contributed by atoms with Gasteiger partial charge in [0.15, 0.2) is 12.6 Å². The van der Waals surface area contributed by atoms with Crippen molar-refractivity contribution >= 4 is 11.9 Å². The molecule has 0 bridgehead atoms. The zero-order chi connectivity index (χ0) is 22.1. The number of nitrogens with zero attached hydrogens (tertiary/aromatic N) is 2. The maximum atomic E-state index is 11.7. The molecular formula is C24H39N5O2. The number of rotatable bonds is 10. The molecule has 0 unspecified atom stereocenters. The Labute approximate surface area is 187 Å². The van der Waals surface area contributed by atoms with Crippen molar-refractivity contribution in [1.29, 1.82) is 0 Å². The van der Waals surface area contributed by atoms with Crippen molar-refractivity contribution in [3.8, 4) is 5.75 Å². The molecular weight excluding hydrogens is 390 g/mol. The van der Waals surface area contributed by atoms with Crippen LogP contribution in [0.25, 0.3) is 0 Å². The Morgan fingerprint density at radius 2 is 1.77 bits per heavy atom. The molecule has 1 aromatic rings. The molecule has 172 valence electrons. The number of aliphatic imine (C=N–C) groups is 1. The Kier molecular flexibility index (Phi) is 9.00. The molecule has 0 aromatic heterocycles. The van der Waals surface area contributed by atoms with E-state index in [0.29, 0.717) is 18.1 Å². The van der Waals surface area contributed by atoms with Gasteiger partial charge in [0.25, 0.3) is 5.91 Å². The Hall–Kier alpha value is -2.28. The molecule has 2 aliphatic rings. The fourth-order valence-electron chi connectivity index (χ4n) is 3.77. The summed E-state index contributed by atoms with van der Waals surface area (Å²) >= 11 is 0. The SMILES string of the molecule is CCNC(=NCCc1ccc(OCC(=O)NC2CC2)cc1)NC1CCN(C(C)C)CC1. The molecule has 1 saturated carbocycles. The van der Waals surface area contributed by atoms with Crippen LogP contribution in [0.2, 0.25) is 0 Å². The average Bonchev–Trinajstić information content (AvgIpc) is 3.57. The first kappa shape index (κ1) is 23.4. The number of amides is 1. The van der Waals surface area contributed by atoms with Crippen LogP contribution in [0.4, 0.5) is 0 Å². The van der Waals surface area contributed by atoms with Gasteiger partial charge in [0, 0.05) is 44.3 Å². The smallest absolute Gasteiger partial charge is 0.258 e. The highest BCUT2D eigenvalue weighted by Gasteiger charge is 2.23. The zero-order valence-electron chi connectivity index (χ0n) is 19.3. The number of carbonyl (C=O) groups is 1. The van der Waals surface area contributed by atoms with E-state index < -0.39 is 0 Å². The molecule has 3 N–H and O–H groups in total. The first-order chi connectivity index (χ1) is 15.0. The minimum Gasteiger partial charge on any atom is -0.484 e. The largest absolute Gasteiger partial charge is 0.484 e. The van der Waals surface area contributed by atoms with Crippen LogP contribution in [0, 0.1) is 0 Å². The van der Waals surface area contributed by atoms with Gasteiger partial charge in [0.05, 0.1) is 0 Å². The molecule has 0 radical (unpaired) electrons. The van der Waals surface area contributed by atoms with Crippen molar-refractivity contribution in [3.63, 3.8) is 0 Å². The molecule has 2 fully saturated rings.